The normalized spacial score (nSPS) is 14.5. The molecule has 5 N–H and O–H groups in total. The lowest BCUT2D eigenvalue weighted by atomic mass is 10.0. The number of nitrogens with two attached hydrogens (primary N) is 2. The molecule has 1 aliphatic heterocycles. The van der Waals surface area contributed by atoms with E-state index in [9.17, 15) is 14.0 Å². The molecule has 0 saturated carbocycles. The van der Waals surface area contributed by atoms with Gasteiger partial charge in [-0.1, -0.05) is 0 Å². The van der Waals surface area contributed by atoms with E-state index in [0.717, 1.165) is 0 Å². The number of nitrogens with one attached hydrogen (secondary N) is 1. The summed E-state index contributed by atoms with van der Waals surface area (Å²) in [5.74, 6) is 0.0422. The number of hydrogen-bond donors (Lipinski definition) is 3. The number of aromatic nitrogens is 7. The number of anilines is 2. The lowest BCUT2D eigenvalue weighted by Crippen LogP contribution is -2.41. The molecule has 6 aromatic rings. The van der Waals surface area contributed by atoms with Gasteiger partial charge in [-0.05, 0) is 43.2 Å². The van der Waals surface area contributed by atoms with E-state index in [1.807, 2.05) is 6.07 Å². The van der Waals surface area contributed by atoms with Crippen molar-refractivity contribution in [2.24, 2.45) is 0 Å². The fourth-order valence-corrected chi connectivity index (χ4v) is 5.45. The standard InChI is InChI=1S/C27H23FN10O2/c28-16-1-3-20-14(10-16)9-15(12-31-20)19-13-32-38-24(30)18-2-4-23(39)37(25(18)33-26(19)38)17-5-7-36(8-6-17)27(40)21-11-22(29)35-34-21/h1-4,9-13,17H,5-8,30H2,(H3,29,34,35). The third-order valence-electron chi connectivity index (χ3n) is 7.46. The van der Waals surface area contributed by atoms with Crippen molar-refractivity contribution in [1.82, 2.24) is 39.2 Å². The molecule has 13 heteroatoms. The first-order valence-electron chi connectivity index (χ1n) is 12.7. The Balaban J connectivity index is 1.29. The van der Waals surface area contributed by atoms with Crippen LogP contribution in [0.5, 0.6) is 0 Å². The quantitative estimate of drug-likeness (QED) is 0.309. The van der Waals surface area contributed by atoms with Crippen molar-refractivity contribution in [3.05, 3.63) is 76.7 Å². The summed E-state index contributed by atoms with van der Waals surface area (Å²) in [5.41, 5.74) is 15.2. The Hall–Kier alpha value is -5.33. The summed E-state index contributed by atoms with van der Waals surface area (Å²) in [6.07, 6.45) is 4.41. The molecule has 6 heterocycles. The van der Waals surface area contributed by atoms with Crippen molar-refractivity contribution in [3.63, 3.8) is 0 Å². The van der Waals surface area contributed by atoms with Crippen molar-refractivity contribution in [2.45, 2.75) is 18.9 Å². The number of amides is 1. The average molecular weight is 539 g/mol. The number of nitrogen functional groups attached to an aromatic ring is 2. The summed E-state index contributed by atoms with van der Waals surface area (Å²) in [7, 11) is 0. The number of H-pyrrole nitrogens is 1. The highest BCUT2D eigenvalue weighted by Gasteiger charge is 2.28. The minimum Gasteiger partial charge on any atom is -0.383 e. The highest BCUT2D eigenvalue weighted by atomic mass is 19.1. The second-order valence-electron chi connectivity index (χ2n) is 9.86. The lowest BCUT2D eigenvalue weighted by Gasteiger charge is -2.33. The van der Waals surface area contributed by atoms with Gasteiger partial charge in [-0.25, -0.2) is 9.37 Å². The van der Waals surface area contributed by atoms with Crippen LogP contribution in [-0.4, -0.2) is 58.2 Å². The molecule has 7 rings (SSSR count). The van der Waals surface area contributed by atoms with E-state index in [2.05, 4.69) is 20.3 Å². The fourth-order valence-electron chi connectivity index (χ4n) is 5.45. The molecule has 0 atom stereocenters. The van der Waals surface area contributed by atoms with Crippen molar-refractivity contribution in [1.29, 1.82) is 0 Å². The number of carbonyl (C=O) groups excluding carboxylic acids is 1. The molecule has 12 nitrogen and oxygen atoms in total. The summed E-state index contributed by atoms with van der Waals surface area (Å²) in [5, 5.41) is 12.2. The molecule has 5 aromatic heterocycles. The molecule has 40 heavy (non-hydrogen) atoms. The van der Waals surface area contributed by atoms with Crippen molar-refractivity contribution in [3.8, 4) is 11.1 Å². The van der Waals surface area contributed by atoms with E-state index >= 15 is 0 Å². The van der Waals surface area contributed by atoms with Gasteiger partial charge in [0, 0.05) is 54.0 Å². The fraction of sp³-hybridized carbons (Fsp3) is 0.185. The van der Waals surface area contributed by atoms with E-state index in [1.165, 1.54) is 28.8 Å². The van der Waals surface area contributed by atoms with E-state index < -0.39 is 0 Å². The van der Waals surface area contributed by atoms with Gasteiger partial charge in [0.1, 0.15) is 28.8 Å². The zero-order valence-corrected chi connectivity index (χ0v) is 21.1. The van der Waals surface area contributed by atoms with Crippen molar-refractivity contribution < 1.29 is 9.18 Å². The number of likely N-dealkylation sites (tertiary alicyclic amines) is 1. The molecule has 1 fully saturated rings. The van der Waals surface area contributed by atoms with Crippen LogP contribution in [0.2, 0.25) is 0 Å². The highest BCUT2D eigenvalue weighted by Crippen LogP contribution is 2.31. The monoisotopic (exact) mass is 538 g/mol. The summed E-state index contributed by atoms with van der Waals surface area (Å²) in [6.45, 7) is 0.889. The Morgan fingerprint density at radius 3 is 2.62 bits per heavy atom. The van der Waals surface area contributed by atoms with Gasteiger partial charge in [0.15, 0.2) is 5.65 Å². The van der Waals surface area contributed by atoms with Crippen molar-refractivity contribution >= 4 is 45.1 Å². The number of fused-ring (bicyclic) bond motifs is 3. The second-order valence-corrected chi connectivity index (χ2v) is 9.86. The number of rotatable bonds is 3. The summed E-state index contributed by atoms with van der Waals surface area (Å²) >= 11 is 0. The zero-order chi connectivity index (χ0) is 27.5. The van der Waals surface area contributed by atoms with Crippen LogP contribution in [0.3, 0.4) is 0 Å². The highest BCUT2D eigenvalue weighted by molar-refractivity contribution is 5.94. The Morgan fingerprint density at radius 1 is 1.02 bits per heavy atom. The van der Waals surface area contributed by atoms with Gasteiger partial charge in [-0.2, -0.15) is 14.7 Å². The Labute approximate surface area is 225 Å². The SMILES string of the molecule is Nc1cc(C(=O)N2CCC(n3c(=O)ccc4c(N)n5ncc(-c6cnc7ccc(F)cc7c6)c5nc43)CC2)[nH]n1. The molecule has 1 aliphatic rings. The number of carbonyl (C=O) groups is 1. The van der Waals surface area contributed by atoms with Crippen LogP contribution in [0.15, 0.2) is 59.7 Å². The number of benzene rings is 1. The zero-order valence-electron chi connectivity index (χ0n) is 21.1. The number of nitrogens with zero attached hydrogens (tertiary/aromatic N) is 7. The summed E-state index contributed by atoms with van der Waals surface area (Å²) in [4.78, 5) is 37.1. The largest absolute Gasteiger partial charge is 0.383 e. The average Bonchev–Trinajstić information content (AvgIpc) is 3.59. The molecule has 0 unspecified atom stereocenters. The minimum absolute atomic E-state index is 0.190. The first-order chi connectivity index (χ1) is 19.4. The topological polar surface area (TPSA) is 166 Å². The lowest BCUT2D eigenvalue weighted by molar-refractivity contribution is 0.0689. The second kappa shape index (κ2) is 8.86. The van der Waals surface area contributed by atoms with Crippen LogP contribution < -0.4 is 17.0 Å². The van der Waals surface area contributed by atoms with E-state index in [4.69, 9.17) is 16.5 Å². The third kappa shape index (κ3) is 3.73. The predicted octanol–water partition coefficient (Wildman–Crippen LogP) is 2.76. The van der Waals surface area contributed by atoms with Crippen LogP contribution in [-0.2, 0) is 0 Å². The van der Waals surface area contributed by atoms with E-state index in [-0.39, 0.29) is 29.1 Å². The molecule has 1 aromatic carbocycles. The molecule has 1 amide bonds. The minimum atomic E-state index is -0.356. The number of hydrogen-bond acceptors (Lipinski definition) is 8. The molecule has 0 aliphatic carbocycles. The molecule has 1 saturated heterocycles. The van der Waals surface area contributed by atoms with Crippen LogP contribution in [0.1, 0.15) is 29.4 Å². The summed E-state index contributed by atoms with van der Waals surface area (Å²) in [6, 6.07) is 10.7. The molecule has 200 valence electrons. The molecular weight excluding hydrogens is 515 g/mol. The van der Waals surface area contributed by atoms with Gasteiger partial charge >= 0.3 is 0 Å². The van der Waals surface area contributed by atoms with Crippen LogP contribution >= 0.6 is 0 Å². The van der Waals surface area contributed by atoms with Gasteiger partial charge in [-0.15, -0.1) is 0 Å². The number of aromatic amines is 1. The van der Waals surface area contributed by atoms with Crippen LogP contribution in [0.25, 0.3) is 38.7 Å². The maximum atomic E-state index is 13.9. The van der Waals surface area contributed by atoms with Gasteiger partial charge < -0.3 is 16.4 Å². The van der Waals surface area contributed by atoms with E-state index in [0.29, 0.717) is 76.2 Å². The number of halogens is 1. The molecule has 0 spiro atoms. The van der Waals surface area contributed by atoms with Crippen LogP contribution in [0, 0.1) is 5.82 Å². The Bertz CT molecular complexity index is 2020. The summed E-state index contributed by atoms with van der Waals surface area (Å²) < 4.78 is 17.1. The molecule has 0 radical (unpaired) electrons. The number of pyridine rings is 2. The number of piperidine rings is 1. The van der Waals surface area contributed by atoms with E-state index in [1.54, 1.807) is 34.0 Å². The first kappa shape index (κ1) is 23.8. The maximum Gasteiger partial charge on any atom is 0.271 e. The van der Waals surface area contributed by atoms with Crippen molar-refractivity contribution in [2.75, 3.05) is 24.6 Å². The third-order valence-corrected chi connectivity index (χ3v) is 7.46. The predicted molar refractivity (Wildman–Crippen MR) is 147 cm³/mol. The van der Waals surface area contributed by atoms with Gasteiger partial charge in [0.05, 0.1) is 17.1 Å². The van der Waals surface area contributed by atoms with Crippen LogP contribution in [0.4, 0.5) is 16.0 Å². The smallest absolute Gasteiger partial charge is 0.271 e. The maximum absolute atomic E-state index is 13.9. The molecular formula is C27H23FN10O2. The molecule has 0 bridgehead atoms. The van der Waals surface area contributed by atoms with Gasteiger partial charge in [0.2, 0.25) is 0 Å². The Kier molecular flexibility index (Phi) is 5.27. The first-order valence-corrected chi connectivity index (χ1v) is 12.7. The van der Waals surface area contributed by atoms with Gasteiger partial charge in [0.25, 0.3) is 11.5 Å². The Morgan fingerprint density at radius 2 is 1.85 bits per heavy atom. The van der Waals surface area contributed by atoms with Gasteiger partial charge in [-0.3, -0.25) is 24.2 Å².